The number of hydrogen-bond donors (Lipinski definition) is 1. The van der Waals surface area contributed by atoms with Crippen molar-refractivity contribution >= 4 is 33.1 Å². The number of imidazole rings is 1. The monoisotopic (exact) mass is 415 g/mol. The summed E-state index contributed by atoms with van der Waals surface area (Å²) in [6, 6.07) is 4.15. The molecule has 3 aromatic heterocycles. The van der Waals surface area contributed by atoms with Crippen molar-refractivity contribution in [1.29, 1.82) is 0 Å². The Morgan fingerprint density at radius 3 is 2.73 bits per heavy atom. The molecule has 0 atom stereocenters. The van der Waals surface area contributed by atoms with Crippen molar-refractivity contribution in [1.82, 2.24) is 14.5 Å². The lowest BCUT2D eigenvalue weighted by atomic mass is 10.1. The van der Waals surface area contributed by atoms with E-state index < -0.39 is 10.1 Å². The normalized spacial score (nSPS) is 12.0. The molecule has 7 nitrogen and oxygen atoms in total. The third-order valence-corrected chi connectivity index (χ3v) is 5.87. The molecule has 0 fully saturated rings. The Hall–Kier alpha value is -1.68. The van der Waals surface area contributed by atoms with Crippen LogP contribution in [0.2, 0.25) is 4.34 Å². The van der Waals surface area contributed by atoms with Gasteiger partial charge in [-0.25, -0.2) is 4.98 Å². The highest BCUT2D eigenvalue weighted by Gasteiger charge is 2.18. The molecule has 1 N–H and O–H groups in total. The van der Waals surface area contributed by atoms with Gasteiger partial charge in [-0.15, -0.1) is 11.3 Å². The Balaban J connectivity index is 1.78. The third-order valence-electron chi connectivity index (χ3n) is 3.83. The van der Waals surface area contributed by atoms with Gasteiger partial charge in [-0.2, -0.15) is 13.4 Å². The minimum Gasteiger partial charge on any atom is -0.427 e. The quantitative estimate of drug-likeness (QED) is 0.438. The Bertz CT molecular complexity index is 991. The molecule has 0 aliphatic carbocycles. The van der Waals surface area contributed by atoms with E-state index in [-0.39, 0.29) is 5.75 Å². The van der Waals surface area contributed by atoms with Gasteiger partial charge in [0, 0.05) is 18.8 Å². The summed E-state index contributed by atoms with van der Waals surface area (Å²) in [4.78, 5) is 9.70. The Kier molecular flexibility index (Phi) is 5.81. The van der Waals surface area contributed by atoms with Crippen LogP contribution in [0.15, 0.2) is 28.9 Å². The topological polar surface area (TPSA) is 98.2 Å². The summed E-state index contributed by atoms with van der Waals surface area (Å²) in [5.41, 5.74) is 0.736. The number of hydrogen-bond acceptors (Lipinski definition) is 6. The van der Waals surface area contributed by atoms with E-state index in [0.29, 0.717) is 29.6 Å². The lowest BCUT2D eigenvalue weighted by Crippen LogP contribution is -2.03. The van der Waals surface area contributed by atoms with E-state index in [4.69, 9.17) is 20.6 Å². The fraction of sp³-hybridized carbons (Fsp3) is 0.375. The van der Waals surface area contributed by atoms with Gasteiger partial charge in [-0.05, 0) is 31.9 Å². The van der Waals surface area contributed by atoms with Gasteiger partial charge in [0.05, 0.1) is 15.0 Å². The number of thiophene rings is 1. The highest BCUT2D eigenvalue weighted by Crippen LogP contribution is 2.34. The molecular formula is C16H18ClN3O4S2. The molecule has 3 aromatic rings. The zero-order valence-corrected chi connectivity index (χ0v) is 16.4. The maximum atomic E-state index is 10.8. The van der Waals surface area contributed by atoms with E-state index in [1.165, 1.54) is 11.3 Å². The number of aryl methyl sites for hydroxylation is 2. The maximum absolute atomic E-state index is 10.8. The summed E-state index contributed by atoms with van der Waals surface area (Å²) in [6.45, 7) is 1.86. The molecule has 0 saturated carbocycles. The SMILES string of the molecule is Cc1nccn1-c1nc(-c2ccc(Cl)s2)c(CCCCCS(=O)(=O)O)o1. The molecule has 0 bridgehead atoms. The molecular weight excluding hydrogens is 398 g/mol. The Labute approximate surface area is 160 Å². The lowest BCUT2D eigenvalue weighted by molar-refractivity contribution is 0.468. The van der Waals surface area contributed by atoms with Gasteiger partial charge in [0.1, 0.15) is 17.3 Å². The van der Waals surface area contributed by atoms with Crippen molar-refractivity contribution in [3.05, 3.63) is 40.4 Å². The minimum atomic E-state index is -3.91. The summed E-state index contributed by atoms with van der Waals surface area (Å²) in [5.74, 6) is 1.26. The van der Waals surface area contributed by atoms with Gasteiger partial charge >= 0.3 is 6.01 Å². The van der Waals surface area contributed by atoms with E-state index in [1.54, 1.807) is 17.0 Å². The van der Waals surface area contributed by atoms with Gasteiger partial charge in [0.15, 0.2) is 0 Å². The summed E-state index contributed by atoms with van der Waals surface area (Å²) in [7, 11) is -3.91. The smallest absolute Gasteiger partial charge is 0.307 e. The van der Waals surface area contributed by atoms with Crippen LogP contribution in [0.5, 0.6) is 0 Å². The highest BCUT2D eigenvalue weighted by atomic mass is 35.5. The van der Waals surface area contributed by atoms with Gasteiger partial charge < -0.3 is 4.42 Å². The lowest BCUT2D eigenvalue weighted by Gasteiger charge is -2.00. The highest BCUT2D eigenvalue weighted by molar-refractivity contribution is 7.85. The number of nitrogens with zero attached hydrogens (tertiary/aromatic N) is 3. The number of halogens is 1. The van der Waals surface area contributed by atoms with Crippen LogP contribution >= 0.6 is 22.9 Å². The van der Waals surface area contributed by atoms with Crippen molar-refractivity contribution in [3.8, 4) is 16.6 Å². The second-order valence-electron chi connectivity index (χ2n) is 5.81. The molecule has 10 heteroatoms. The Morgan fingerprint density at radius 2 is 2.12 bits per heavy atom. The van der Waals surface area contributed by atoms with Crippen LogP contribution in [0, 0.1) is 6.92 Å². The van der Waals surface area contributed by atoms with E-state index in [0.717, 1.165) is 28.6 Å². The summed E-state index contributed by atoms with van der Waals surface area (Å²) in [5, 5.41) is 0. The maximum Gasteiger partial charge on any atom is 0.307 e. The van der Waals surface area contributed by atoms with E-state index in [2.05, 4.69) is 9.97 Å². The third kappa shape index (κ3) is 4.73. The van der Waals surface area contributed by atoms with Crippen LogP contribution in [0.3, 0.4) is 0 Å². The molecule has 3 rings (SSSR count). The summed E-state index contributed by atoms with van der Waals surface area (Å²) < 4.78 is 38.7. The van der Waals surface area contributed by atoms with Crippen molar-refractivity contribution in [3.63, 3.8) is 0 Å². The minimum absolute atomic E-state index is 0.226. The van der Waals surface area contributed by atoms with Crippen LogP contribution in [0.25, 0.3) is 16.6 Å². The second kappa shape index (κ2) is 7.91. The van der Waals surface area contributed by atoms with Crippen LogP contribution in [0.1, 0.15) is 30.8 Å². The zero-order chi connectivity index (χ0) is 18.7. The van der Waals surface area contributed by atoms with Crippen molar-refractivity contribution in [2.24, 2.45) is 0 Å². The van der Waals surface area contributed by atoms with Crippen molar-refractivity contribution < 1.29 is 17.4 Å². The molecule has 0 amide bonds. The second-order valence-corrected chi connectivity index (χ2v) is 9.10. The molecule has 26 heavy (non-hydrogen) atoms. The average molecular weight is 416 g/mol. The van der Waals surface area contributed by atoms with E-state index in [9.17, 15) is 8.42 Å². The predicted octanol–water partition coefficient (Wildman–Crippen LogP) is 4.15. The van der Waals surface area contributed by atoms with Gasteiger partial charge in [0.25, 0.3) is 10.1 Å². The summed E-state index contributed by atoms with van der Waals surface area (Å²) in [6.07, 6.45) is 5.85. The Morgan fingerprint density at radius 1 is 1.31 bits per heavy atom. The molecule has 0 saturated heterocycles. The van der Waals surface area contributed by atoms with Crippen LogP contribution < -0.4 is 0 Å². The van der Waals surface area contributed by atoms with Crippen LogP contribution in [0.4, 0.5) is 0 Å². The summed E-state index contributed by atoms with van der Waals surface area (Å²) >= 11 is 7.47. The van der Waals surface area contributed by atoms with Gasteiger partial charge in [-0.1, -0.05) is 18.0 Å². The first-order valence-electron chi connectivity index (χ1n) is 8.04. The number of oxazole rings is 1. The largest absolute Gasteiger partial charge is 0.427 e. The number of aromatic nitrogens is 3. The van der Waals surface area contributed by atoms with Gasteiger partial charge in [0.2, 0.25) is 0 Å². The number of unbranched alkanes of at least 4 members (excludes halogenated alkanes) is 2. The van der Waals surface area contributed by atoms with Gasteiger partial charge in [-0.3, -0.25) is 9.12 Å². The predicted molar refractivity (Wildman–Crippen MR) is 101 cm³/mol. The zero-order valence-electron chi connectivity index (χ0n) is 14.1. The molecule has 3 heterocycles. The fourth-order valence-electron chi connectivity index (χ4n) is 2.57. The molecule has 0 radical (unpaired) electrons. The van der Waals surface area contributed by atoms with Crippen molar-refractivity contribution in [2.75, 3.05) is 5.75 Å². The molecule has 0 aliphatic heterocycles. The first-order valence-corrected chi connectivity index (χ1v) is 10.8. The van der Waals surface area contributed by atoms with E-state index in [1.807, 2.05) is 19.1 Å². The molecule has 140 valence electrons. The molecule has 0 spiro atoms. The van der Waals surface area contributed by atoms with Crippen LogP contribution in [-0.2, 0) is 16.5 Å². The fourth-order valence-corrected chi connectivity index (χ4v) is 4.19. The number of rotatable bonds is 8. The molecule has 0 aliphatic rings. The standard InChI is InChI=1S/C16H18ClN3O4S2/c1-11-18-8-9-20(11)16-19-15(13-6-7-14(17)25-13)12(24-16)5-3-2-4-10-26(21,22)23/h6-9H,2-5,10H2,1H3,(H,21,22,23). The first kappa shape index (κ1) is 19.1. The molecule has 0 aromatic carbocycles. The van der Waals surface area contributed by atoms with Crippen LogP contribution in [-0.4, -0.2) is 33.3 Å². The molecule has 0 unspecified atom stereocenters. The van der Waals surface area contributed by atoms with Crippen molar-refractivity contribution in [2.45, 2.75) is 32.6 Å². The average Bonchev–Trinajstić information content (AvgIpc) is 3.25. The first-order chi connectivity index (χ1) is 12.3. The van der Waals surface area contributed by atoms with E-state index >= 15 is 0 Å².